The Bertz CT molecular complexity index is 48.1. The van der Waals surface area contributed by atoms with Crippen molar-refractivity contribution in [3.05, 3.63) is 18.9 Å². The summed E-state index contributed by atoms with van der Waals surface area (Å²) in [5.41, 5.74) is 0. The van der Waals surface area contributed by atoms with Gasteiger partial charge in [0.2, 0.25) is 0 Å². The van der Waals surface area contributed by atoms with Gasteiger partial charge in [0.15, 0.2) is 0 Å². The van der Waals surface area contributed by atoms with Crippen molar-refractivity contribution in [1.29, 1.82) is 0 Å². The average Bonchev–Trinajstić information content (AvgIpc) is 1.69. The van der Waals surface area contributed by atoms with Crippen molar-refractivity contribution in [2.24, 2.45) is 0 Å². The molecule has 0 bridgehead atoms. The van der Waals surface area contributed by atoms with E-state index in [1.54, 1.807) is 12.9 Å². The molecule has 0 saturated carbocycles. The molecule has 0 saturated heterocycles. The van der Waals surface area contributed by atoms with Gasteiger partial charge in [-0.1, -0.05) is 13.0 Å². The van der Waals surface area contributed by atoms with Gasteiger partial charge >= 0.3 is 0 Å². The molecule has 1 radical (unpaired) electrons. The Kier molecular flexibility index (Phi) is 5.18. The first-order valence-electron chi connectivity index (χ1n) is 2.50. The van der Waals surface area contributed by atoms with Crippen LogP contribution in [0.4, 0.5) is 0 Å². The van der Waals surface area contributed by atoms with E-state index in [9.17, 15) is 0 Å². The molecule has 0 amide bonds. The monoisotopic (exact) mass is 99.1 g/mol. The van der Waals surface area contributed by atoms with Gasteiger partial charge in [-0.15, -0.1) is 0 Å². The zero-order chi connectivity index (χ0) is 5.54. The van der Waals surface area contributed by atoms with Crippen molar-refractivity contribution in [2.75, 3.05) is 0 Å². The molecule has 0 fully saturated rings. The Balaban J connectivity index is 2.78. The molecule has 0 spiro atoms. The summed E-state index contributed by atoms with van der Waals surface area (Å²) >= 11 is 0. The van der Waals surface area contributed by atoms with Gasteiger partial charge in [0, 0.05) is 0 Å². The van der Waals surface area contributed by atoms with Gasteiger partial charge in [-0.2, -0.15) is 0 Å². The Labute approximate surface area is 45.0 Å². The summed E-state index contributed by atoms with van der Waals surface area (Å²) in [6.07, 6.45) is 4.67. The first-order chi connectivity index (χ1) is 3.41. The minimum absolute atomic E-state index is 1.04. The second kappa shape index (κ2) is 5.54. The van der Waals surface area contributed by atoms with E-state index < -0.39 is 0 Å². The van der Waals surface area contributed by atoms with E-state index >= 15 is 0 Å². The Morgan fingerprint density at radius 1 is 1.57 bits per heavy atom. The van der Waals surface area contributed by atoms with Crippen LogP contribution >= 0.6 is 0 Å². The number of rotatable bonds is 3. The van der Waals surface area contributed by atoms with E-state index in [1.165, 1.54) is 0 Å². The number of ether oxygens (including phenoxy) is 1. The molecule has 0 aliphatic rings. The first-order valence-corrected chi connectivity index (χ1v) is 2.50. The van der Waals surface area contributed by atoms with Gasteiger partial charge in [-0.25, -0.2) is 0 Å². The Morgan fingerprint density at radius 2 is 2.29 bits per heavy atom. The lowest BCUT2D eigenvalue weighted by Crippen LogP contribution is -1.66. The molecule has 0 aliphatic heterocycles. The molecule has 0 N–H and O–H groups in total. The van der Waals surface area contributed by atoms with Gasteiger partial charge in [0.05, 0.1) is 6.26 Å². The fraction of sp³-hybridized carbons (Fsp3) is 0.500. The SMILES string of the molecule is C[CH]OC=CCC. The van der Waals surface area contributed by atoms with Crippen molar-refractivity contribution < 1.29 is 4.74 Å². The fourth-order valence-corrected chi connectivity index (χ4v) is 0.230. The van der Waals surface area contributed by atoms with E-state index in [0.717, 1.165) is 6.42 Å². The van der Waals surface area contributed by atoms with Crippen LogP contribution in [0, 0.1) is 6.61 Å². The van der Waals surface area contributed by atoms with Crippen molar-refractivity contribution in [3.63, 3.8) is 0 Å². The quantitative estimate of drug-likeness (QED) is 0.492. The summed E-state index contributed by atoms with van der Waals surface area (Å²) < 4.78 is 4.77. The van der Waals surface area contributed by atoms with Crippen molar-refractivity contribution >= 4 is 0 Å². The fourth-order valence-electron chi connectivity index (χ4n) is 0.230. The molecule has 41 valence electrons. The van der Waals surface area contributed by atoms with E-state index in [1.807, 2.05) is 13.0 Å². The highest BCUT2D eigenvalue weighted by Gasteiger charge is 1.65. The van der Waals surface area contributed by atoms with Crippen LogP contribution in [0.3, 0.4) is 0 Å². The highest BCUT2D eigenvalue weighted by atomic mass is 16.5. The maximum atomic E-state index is 4.77. The summed E-state index contributed by atoms with van der Waals surface area (Å²) in [6.45, 7) is 5.56. The number of allylic oxidation sites excluding steroid dienone is 1. The van der Waals surface area contributed by atoms with E-state index in [-0.39, 0.29) is 0 Å². The van der Waals surface area contributed by atoms with Gasteiger partial charge in [-0.05, 0) is 13.3 Å². The predicted molar refractivity (Wildman–Crippen MR) is 30.5 cm³/mol. The van der Waals surface area contributed by atoms with Gasteiger partial charge < -0.3 is 4.74 Å². The minimum Gasteiger partial charge on any atom is -0.495 e. The topological polar surface area (TPSA) is 9.23 Å². The van der Waals surface area contributed by atoms with Crippen LogP contribution in [0.2, 0.25) is 0 Å². The summed E-state index contributed by atoms with van der Waals surface area (Å²) in [4.78, 5) is 0. The summed E-state index contributed by atoms with van der Waals surface area (Å²) in [5, 5.41) is 0. The molecule has 0 unspecified atom stereocenters. The standard InChI is InChI=1S/C6H11O/c1-3-5-6-7-4-2/h4-6H,3H2,1-2H3. The van der Waals surface area contributed by atoms with Crippen LogP contribution in [0.15, 0.2) is 12.3 Å². The maximum absolute atomic E-state index is 4.77. The summed E-state index contributed by atoms with van der Waals surface area (Å²) in [5.74, 6) is 0. The molecular weight excluding hydrogens is 88.1 g/mol. The van der Waals surface area contributed by atoms with Crippen LogP contribution in [-0.2, 0) is 4.74 Å². The molecule has 0 heterocycles. The number of hydrogen-bond donors (Lipinski definition) is 0. The summed E-state index contributed by atoms with van der Waals surface area (Å²) in [7, 11) is 0. The third-order valence-corrected chi connectivity index (χ3v) is 0.547. The van der Waals surface area contributed by atoms with Crippen LogP contribution in [0.25, 0.3) is 0 Å². The highest BCUT2D eigenvalue weighted by Crippen LogP contribution is 1.82. The lowest BCUT2D eigenvalue weighted by atomic mass is 10.5. The minimum atomic E-state index is 1.04. The largest absolute Gasteiger partial charge is 0.495 e. The number of hydrogen-bond acceptors (Lipinski definition) is 1. The first kappa shape index (κ1) is 6.54. The van der Waals surface area contributed by atoms with E-state index in [4.69, 9.17) is 4.74 Å². The predicted octanol–water partition coefficient (Wildman–Crippen LogP) is 2.11. The van der Waals surface area contributed by atoms with E-state index in [0.29, 0.717) is 0 Å². The Hall–Kier alpha value is -0.460. The Morgan fingerprint density at radius 3 is 2.71 bits per heavy atom. The van der Waals surface area contributed by atoms with Crippen LogP contribution in [0.1, 0.15) is 20.3 Å². The summed E-state index contributed by atoms with van der Waals surface area (Å²) in [6, 6.07) is 0. The zero-order valence-electron chi connectivity index (χ0n) is 4.85. The molecular formula is C6H11O. The van der Waals surface area contributed by atoms with Crippen LogP contribution in [-0.4, -0.2) is 0 Å². The van der Waals surface area contributed by atoms with Crippen molar-refractivity contribution in [1.82, 2.24) is 0 Å². The maximum Gasteiger partial charge on any atom is 0.131 e. The normalized spacial score (nSPS) is 10.0. The molecule has 0 aromatic rings. The zero-order valence-corrected chi connectivity index (χ0v) is 4.85. The second-order valence-electron chi connectivity index (χ2n) is 1.15. The van der Waals surface area contributed by atoms with Gasteiger partial charge in [-0.3, -0.25) is 0 Å². The molecule has 7 heavy (non-hydrogen) atoms. The highest BCUT2D eigenvalue weighted by molar-refractivity contribution is 4.71. The van der Waals surface area contributed by atoms with Crippen LogP contribution < -0.4 is 0 Å². The van der Waals surface area contributed by atoms with Crippen molar-refractivity contribution in [3.8, 4) is 0 Å². The van der Waals surface area contributed by atoms with E-state index in [2.05, 4.69) is 6.92 Å². The van der Waals surface area contributed by atoms with Crippen molar-refractivity contribution in [2.45, 2.75) is 20.3 Å². The molecule has 0 aliphatic carbocycles. The molecule has 0 rings (SSSR count). The van der Waals surface area contributed by atoms with Gasteiger partial charge in [0.25, 0.3) is 0 Å². The molecule has 1 heteroatoms. The third kappa shape index (κ3) is 5.54. The average molecular weight is 99.2 g/mol. The smallest absolute Gasteiger partial charge is 0.131 e. The molecule has 0 aromatic carbocycles. The van der Waals surface area contributed by atoms with Gasteiger partial charge in [0.1, 0.15) is 6.61 Å². The molecule has 0 aromatic heterocycles. The molecule has 0 atom stereocenters. The van der Waals surface area contributed by atoms with Crippen LogP contribution in [0.5, 0.6) is 0 Å². The second-order valence-corrected chi connectivity index (χ2v) is 1.15. The molecule has 1 nitrogen and oxygen atoms in total. The lowest BCUT2D eigenvalue weighted by molar-refractivity contribution is 0.340. The lowest BCUT2D eigenvalue weighted by Gasteiger charge is -1.87. The third-order valence-electron chi connectivity index (χ3n) is 0.547.